The van der Waals surface area contributed by atoms with Crippen LogP contribution in [0.25, 0.3) is 0 Å². The molecule has 4 heteroatoms. The topological polar surface area (TPSA) is 19.4 Å². The molecule has 1 aliphatic heterocycles. The molecule has 1 fully saturated rings. The van der Waals surface area contributed by atoms with Crippen molar-refractivity contribution in [3.8, 4) is 0 Å². The molecule has 1 atom stereocenters. The van der Waals surface area contributed by atoms with Crippen molar-refractivity contribution in [2.24, 2.45) is 0 Å². The monoisotopic (exact) mass is 211 g/mol. The van der Waals surface area contributed by atoms with Crippen LogP contribution in [0, 0.1) is 6.92 Å². The number of thiazole rings is 1. The molecule has 0 aromatic carbocycles. The van der Waals surface area contributed by atoms with Gasteiger partial charge in [-0.05, 0) is 20.9 Å². The summed E-state index contributed by atoms with van der Waals surface area (Å²) in [6.07, 6.45) is 0. The van der Waals surface area contributed by atoms with E-state index in [0.717, 1.165) is 25.3 Å². The molecule has 1 unspecified atom stereocenters. The largest absolute Gasteiger partial charge is 0.343 e. The number of anilines is 1. The van der Waals surface area contributed by atoms with Gasteiger partial charge >= 0.3 is 0 Å². The van der Waals surface area contributed by atoms with Gasteiger partial charge in [-0.1, -0.05) is 0 Å². The Morgan fingerprint density at radius 3 is 2.86 bits per heavy atom. The summed E-state index contributed by atoms with van der Waals surface area (Å²) in [5.41, 5.74) is 1.14. The van der Waals surface area contributed by atoms with Crippen molar-refractivity contribution >= 4 is 16.5 Å². The predicted molar refractivity (Wildman–Crippen MR) is 61.2 cm³/mol. The van der Waals surface area contributed by atoms with Crippen LogP contribution in [-0.4, -0.2) is 42.6 Å². The SMILES string of the molecule is Cc1csc(N2CCN(C)CC2C)n1. The van der Waals surface area contributed by atoms with Crippen molar-refractivity contribution in [3.63, 3.8) is 0 Å². The Kier molecular flexibility index (Phi) is 2.74. The van der Waals surface area contributed by atoms with Crippen molar-refractivity contribution in [2.45, 2.75) is 19.9 Å². The molecule has 0 N–H and O–H groups in total. The van der Waals surface area contributed by atoms with E-state index in [1.807, 2.05) is 0 Å². The van der Waals surface area contributed by atoms with Crippen LogP contribution in [0.1, 0.15) is 12.6 Å². The van der Waals surface area contributed by atoms with Gasteiger partial charge in [-0.25, -0.2) is 4.98 Å². The normalized spacial score (nSPS) is 24.2. The minimum absolute atomic E-state index is 0.583. The molecule has 1 aromatic heterocycles. The average Bonchev–Trinajstić information content (AvgIpc) is 2.51. The van der Waals surface area contributed by atoms with Crippen molar-refractivity contribution < 1.29 is 0 Å². The van der Waals surface area contributed by atoms with Crippen LogP contribution in [0.15, 0.2) is 5.38 Å². The van der Waals surface area contributed by atoms with Crippen molar-refractivity contribution in [3.05, 3.63) is 11.1 Å². The van der Waals surface area contributed by atoms with E-state index in [4.69, 9.17) is 0 Å². The Hall–Kier alpha value is -0.610. The smallest absolute Gasteiger partial charge is 0.185 e. The maximum atomic E-state index is 4.54. The number of nitrogens with zero attached hydrogens (tertiary/aromatic N) is 3. The predicted octanol–water partition coefficient (Wildman–Crippen LogP) is 1.59. The zero-order valence-corrected chi connectivity index (χ0v) is 9.84. The van der Waals surface area contributed by atoms with Crippen LogP contribution >= 0.6 is 11.3 Å². The molecule has 0 aliphatic carbocycles. The van der Waals surface area contributed by atoms with Gasteiger partial charge in [-0.15, -0.1) is 11.3 Å². The Labute approximate surface area is 89.4 Å². The number of hydrogen-bond acceptors (Lipinski definition) is 4. The van der Waals surface area contributed by atoms with E-state index in [1.54, 1.807) is 11.3 Å². The lowest BCUT2D eigenvalue weighted by Gasteiger charge is -2.38. The van der Waals surface area contributed by atoms with Crippen LogP contribution in [0.4, 0.5) is 5.13 Å². The number of rotatable bonds is 1. The second-order valence-corrected chi connectivity index (χ2v) is 4.91. The van der Waals surface area contributed by atoms with Gasteiger partial charge in [0, 0.05) is 31.1 Å². The van der Waals surface area contributed by atoms with E-state index in [1.165, 1.54) is 5.13 Å². The minimum atomic E-state index is 0.583. The van der Waals surface area contributed by atoms with Gasteiger partial charge in [0.05, 0.1) is 5.69 Å². The summed E-state index contributed by atoms with van der Waals surface area (Å²) < 4.78 is 0. The number of hydrogen-bond donors (Lipinski definition) is 0. The molecular weight excluding hydrogens is 194 g/mol. The third-order valence-corrected chi connectivity index (χ3v) is 3.68. The molecule has 0 saturated carbocycles. The molecule has 1 saturated heterocycles. The lowest BCUT2D eigenvalue weighted by atomic mass is 10.2. The van der Waals surface area contributed by atoms with Gasteiger partial charge in [0.1, 0.15) is 0 Å². The summed E-state index contributed by atoms with van der Waals surface area (Å²) in [5, 5.41) is 3.31. The number of likely N-dealkylation sites (N-methyl/N-ethyl adjacent to an activating group) is 1. The summed E-state index contributed by atoms with van der Waals surface area (Å²) in [6.45, 7) is 7.71. The molecule has 0 spiro atoms. The summed E-state index contributed by atoms with van der Waals surface area (Å²) in [6, 6.07) is 0.583. The van der Waals surface area contributed by atoms with Crippen LogP contribution in [0.3, 0.4) is 0 Å². The fourth-order valence-electron chi connectivity index (χ4n) is 1.90. The first-order valence-electron chi connectivity index (χ1n) is 5.04. The summed E-state index contributed by atoms with van der Waals surface area (Å²) >= 11 is 1.76. The Bertz CT molecular complexity index is 310. The summed E-state index contributed by atoms with van der Waals surface area (Å²) in [7, 11) is 2.18. The average molecular weight is 211 g/mol. The minimum Gasteiger partial charge on any atom is -0.343 e. The zero-order chi connectivity index (χ0) is 10.1. The molecule has 2 heterocycles. The maximum Gasteiger partial charge on any atom is 0.185 e. The van der Waals surface area contributed by atoms with Crippen LogP contribution in [0.5, 0.6) is 0 Å². The van der Waals surface area contributed by atoms with Crippen LogP contribution < -0.4 is 4.90 Å². The molecule has 2 rings (SSSR count). The number of piperazine rings is 1. The van der Waals surface area contributed by atoms with E-state index in [-0.39, 0.29) is 0 Å². The van der Waals surface area contributed by atoms with Crippen molar-refractivity contribution in [1.82, 2.24) is 9.88 Å². The standard InChI is InChI=1S/C10H17N3S/c1-8-7-14-10(11-8)13-5-4-12(3)6-9(13)2/h7,9H,4-6H2,1-3H3. The highest BCUT2D eigenvalue weighted by molar-refractivity contribution is 7.13. The first-order valence-corrected chi connectivity index (χ1v) is 5.92. The third kappa shape index (κ3) is 1.91. The van der Waals surface area contributed by atoms with E-state index < -0.39 is 0 Å². The van der Waals surface area contributed by atoms with Gasteiger partial charge in [0.15, 0.2) is 5.13 Å². The van der Waals surface area contributed by atoms with Crippen molar-refractivity contribution in [1.29, 1.82) is 0 Å². The van der Waals surface area contributed by atoms with Crippen molar-refractivity contribution in [2.75, 3.05) is 31.6 Å². The molecule has 14 heavy (non-hydrogen) atoms. The van der Waals surface area contributed by atoms with E-state index >= 15 is 0 Å². The molecule has 0 amide bonds. The fraction of sp³-hybridized carbons (Fsp3) is 0.700. The molecular formula is C10H17N3S. The van der Waals surface area contributed by atoms with E-state index in [9.17, 15) is 0 Å². The van der Waals surface area contributed by atoms with Gasteiger partial charge in [-0.3, -0.25) is 0 Å². The molecule has 0 bridgehead atoms. The van der Waals surface area contributed by atoms with Crippen LogP contribution in [-0.2, 0) is 0 Å². The van der Waals surface area contributed by atoms with Gasteiger partial charge < -0.3 is 9.80 Å². The van der Waals surface area contributed by atoms with E-state index in [0.29, 0.717) is 6.04 Å². The molecule has 1 aromatic rings. The first-order chi connectivity index (χ1) is 6.66. The molecule has 1 aliphatic rings. The number of aryl methyl sites for hydroxylation is 1. The molecule has 0 radical (unpaired) electrons. The van der Waals surface area contributed by atoms with Gasteiger partial charge in [0.2, 0.25) is 0 Å². The first kappa shape index (κ1) is 9.93. The Balaban J connectivity index is 2.11. The molecule has 78 valence electrons. The Morgan fingerprint density at radius 2 is 2.29 bits per heavy atom. The lowest BCUT2D eigenvalue weighted by molar-refractivity contribution is 0.275. The second-order valence-electron chi connectivity index (χ2n) is 4.08. The third-order valence-electron chi connectivity index (χ3n) is 2.68. The second kappa shape index (κ2) is 3.87. The van der Waals surface area contributed by atoms with E-state index in [2.05, 4.69) is 41.1 Å². The summed E-state index contributed by atoms with van der Waals surface area (Å²) in [5.74, 6) is 0. The Morgan fingerprint density at radius 1 is 1.50 bits per heavy atom. The quantitative estimate of drug-likeness (QED) is 0.703. The molecule has 3 nitrogen and oxygen atoms in total. The highest BCUT2D eigenvalue weighted by Crippen LogP contribution is 2.23. The zero-order valence-electron chi connectivity index (χ0n) is 9.03. The van der Waals surface area contributed by atoms with Crippen LogP contribution in [0.2, 0.25) is 0 Å². The van der Waals surface area contributed by atoms with Gasteiger partial charge in [0.25, 0.3) is 0 Å². The highest BCUT2D eigenvalue weighted by atomic mass is 32.1. The lowest BCUT2D eigenvalue weighted by Crippen LogP contribution is -2.50. The number of aromatic nitrogens is 1. The highest BCUT2D eigenvalue weighted by Gasteiger charge is 2.23. The maximum absolute atomic E-state index is 4.54. The summed E-state index contributed by atoms with van der Waals surface area (Å²) in [4.78, 5) is 9.33. The van der Waals surface area contributed by atoms with Gasteiger partial charge in [-0.2, -0.15) is 0 Å². The fourth-order valence-corrected chi connectivity index (χ4v) is 2.83.